The minimum atomic E-state index is 1.25. The Morgan fingerprint density at radius 3 is 2.00 bits per heavy atom. The van der Waals surface area contributed by atoms with E-state index in [0.717, 1.165) is 0 Å². The molecule has 0 aliphatic carbocycles. The van der Waals surface area contributed by atoms with Crippen LogP contribution in [0.4, 0.5) is 0 Å². The van der Waals surface area contributed by atoms with Gasteiger partial charge >= 0.3 is 0 Å². The smallest absolute Gasteiger partial charge is 0.152 e. The Morgan fingerprint density at radius 1 is 2.00 bits per heavy atom. The van der Waals surface area contributed by atoms with Crippen molar-refractivity contribution in [2.24, 2.45) is 11.1 Å². The molecule has 0 aliphatic rings. The number of rotatable bonds is 0. The highest BCUT2D eigenvalue weighted by Crippen LogP contribution is 1.25. The average molecular weight is 90.1 g/mol. The maximum atomic E-state index is 8.11. The first-order valence-corrected chi connectivity index (χ1v) is 1.12. The summed E-state index contributed by atoms with van der Waals surface area (Å²) in [5, 5.41) is 7.89. The molecule has 0 aliphatic heterocycles. The third-order valence-corrected chi connectivity index (χ3v) is 0. The van der Waals surface area contributed by atoms with Crippen molar-refractivity contribution < 1.29 is 5.21 Å². The molecule has 4 heteroatoms. The van der Waals surface area contributed by atoms with E-state index < -0.39 is 0 Å². The topological polar surface area (TPSA) is 75.7 Å². The molecular weight excluding hydrogens is 84.0 g/mol. The number of nitrogens with two attached hydrogens (primary N) is 1. The van der Waals surface area contributed by atoms with Gasteiger partial charge in [0.1, 0.15) is 0 Å². The fraction of sp³-hybridized carbons (Fsp3) is 0. The molecule has 0 heterocycles. The third kappa shape index (κ3) is 9.85. The summed E-state index contributed by atoms with van der Waals surface area (Å²) in [6.07, 6.45) is 1.25. The lowest BCUT2D eigenvalue weighted by Gasteiger charge is -1.40. The zero-order valence-electron chi connectivity index (χ0n) is 3.16. The molecule has 0 atom stereocenters. The van der Waals surface area contributed by atoms with E-state index in [0.29, 0.717) is 0 Å². The summed E-state index contributed by atoms with van der Waals surface area (Å²) in [7, 11) is 0. The molecule has 0 rings (SSSR count). The van der Waals surface area contributed by atoms with Crippen LogP contribution in [0.25, 0.3) is 0 Å². The minimum absolute atomic E-state index is 1.25. The first kappa shape index (κ1) is 8.87. The molecule has 6 heavy (non-hydrogen) atoms. The average Bonchev–Trinajstić information content (AvgIpc) is 1.39. The Bertz CT molecular complexity index is 30.5. The van der Waals surface area contributed by atoms with Gasteiger partial charge in [0.05, 0.1) is 0 Å². The monoisotopic (exact) mass is 90.0 g/mol. The lowest BCUT2D eigenvalue weighted by atomic mass is 11.1. The van der Waals surface area contributed by atoms with Crippen LogP contribution in [-0.2, 0) is 0 Å². The molecule has 0 saturated carbocycles. The Balaban J connectivity index is 0. The van der Waals surface area contributed by atoms with Gasteiger partial charge in [-0.05, 0) is 6.20 Å². The van der Waals surface area contributed by atoms with Gasteiger partial charge in [-0.15, -0.1) is 4.91 Å². The van der Waals surface area contributed by atoms with Crippen LogP contribution in [0.15, 0.2) is 18.1 Å². The minimum Gasteiger partial charge on any atom is -0.405 e. The van der Waals surface area contributed by atoms with Crippen molar-refractivity contribution in [3.8, 4) is 0 Å². The van der Waals surface area contributed by atoms with E-state index in [2.05, 4.69) is 12.3 Å². The highest BCUT2D eigenvalue weighted by atomic mass is 16.6. The van der Waals surface area contributed by atoms with Gasteiger partial charge in [-0.1, -0.05) is 6.58 Å². The van der Waals surface area contributed by atoms with E-state index in [1.807, 2.05) is 0 Å². The molecule has 0 amide bonds. The molecule has 3 N–H and O–H groups in total. The van der Waals surface area contributed by atoms with Gasteiger partial charge in [0.15, 0.2) is 5.34 Å². The summed E-state index contributed by atoms with van der Waals surface area (Å²) in [4.78, 5) is 8.11. The summed E-state index contributed by atoms with van der Waals surface area (Å²) in [6.45, 7) is 3.14. The van der Waals surface area contributed by atoms with Crippen LogP contribution in [-0.4, -0.2) is 5.21 Å². The van der Waals surface area contributed by atoms with Crippen LogP contribution in [0.2, 0.25) is 0 Å². The second-order valence-electron chi connectivity index (χ2n) is 0.317. The molecule has 0 radical (unpaired) electrons. The summed E-state index contributed by atoms with van der Waals surface area (Å²) in [5.74, 6) is 0. The quantitative estimate of drug-likeness (QED) is 0.330. The molecule has 0 fully saturated rings. The molecule has 4 nitrogen and oxygen atoms in total. The Morgan fingerprint density at radius 2 is 2.00 bits per heavy atom. The van der Waals surface area contributed by atoms with Gasteiger partial charge in [0, 0.05) is 0 Å². The molecule has 0 aromatic carbocycles. The summed E-state index contributed by atoms with van der Waals surface area (Å²) in [5.41, 5.74) is 4.61. The molecule has 0 saturated heterocycles. The van der Waals surface area contributed by atoms with Crippen molar-refractivity contribution in [2.75, 3.05) is 0 Å². The first-order valence-electron chi connectivity index (χ1n) is 1.12. The van der Waals surface area contributed by atoms with Crippen molar-refractivity contribution >= 4 is 0 Å². The molecular formula is C2H6N2O2. The SMILES string of the molecule is C=CN.O=NO. The fourth-order valence-corrected chi connectivity index (χ4v) is 0. The maximum absolute atomic E-state index is 8.11. The predicted molar refractivity (Wildman–Crippen MR) is 22.0 cm³/mol. The van der Waals surface area contributed by atoms with Gasteiger partial charge in [-0.25, -0.2) is 0 Å². The van der Waals surface area contributed by atoms with Crippen molar-refractivity contribution in [3.05, 3.63) is 17.7 Å². The zero-order valence-corrected chi connectivity index (χ0v) is 3.16. The number of hydrogen-bond acceptors (Lipinski definition) is 3. The summed E-state index contributed by atoms with van der Waals surface area (Å²) in [6, 6.07) is 0. The standard InChI is InChI=1S/C2H5N.HNO2/c1-2-3;2-1-3/h2H,1,3H2;(H,2,3). The van der Waals surface area contributed by atoms with Crippen molar-refractivity contribution in [1.29, 1.82) is 0 Å². The predicted octanol–water partition coefficient (Wildman–Crippen LogP) is 0.231. The summed E-state index contributed by atoms with van der Waals surface area (Å²) < 4.78 is 0. The van der Waals surface area contributed by atoms with Crippen LogP contribution in [0, 0.1) is 4.91 Å². The Labute approximate surface area is 35.2 Å². The van der Waals surface area contributed by atoms with Crippen LogP contribution >= 0.6 is 0 Å². The largest absolute Gasteiger partial charge is 0.405 e. The van der Waals surface area contributed by atoms with Gasteiger partial charge in [0.2, 0.25) is 0 Å². The lowest BCUT2D eigenvalue weighted by Crippen LogP contribution is -1.67. The molecule has 0 spiro atoms. The molecule has 0 unspecified atom stereocenters. The van der Waals surface area contributed by atoms with Crippen LogP contribution in [0.5, 0.6) is 0 Å². The molecule has 0 bridgehead atoms. The third-order valence-electron chi connectivity index (χ3n) is 0. The molecule has 0 aromatic heterocycles. The molecule has 36 valence electrons. The first-order chi connectivity index (χ1) is 2.83. The van der Waals surface area contributed by atoms with E-state index in [4.69, 9.17) is 10.1 Å². The normalized spacial score (nSPS) is 4.00. The zero-order chi connectivity index (χ0) is 5.41. The van der Waals surface area contributed by atoms with Crippen LogP contribution in [0.1, 0.15) is 0 Å². The Kier molecular flexibility index (Phi) is 57.0. The van der Waals surface area contributed by atoms with Gasteiger partial charge < -0.3 is 10.9 Å². The van der Waals surface area contributed by atoms with Gasteiger partial charge in [-0.2, -0.15) is 0 Å². The van der Waals surface area contributed by atoms with Crippen molar-refractivity contribution in [2.45, 2.75) is 0 Å². The second-order valence-corrected chi connectivity index (χ2v) is 0.317. The van der Waals surface area contributed by atoms with Crippen molar-refractivity contribution in [3.63, 3.8) is 0 Å². The Hall–Kier alpha value is -1.06. The summed E-state index contributed by atoms with van der Waals surface area (Å²) >= 11 is 0. The van der Waals surface area contributed by atoms with E-state index in [-0.39, 0.29) is 0 Å². The highest BCUT2D eigenvalue weighted by molar-refractivity contribution is 4.48. The van der Waals surface area contributed by atoms with Gasteiger partial charge in [0.25, 0.3) is 0 Å². The lowest BCUT2D eigenvalue weighted by molar-refractivity contribution is 0.312. The molecule has 0 aromatic rings. The van der Waals surface area contributed by atoms with E-state index in [9.17, 15) is 0 Å². The van der Waals surface area contributed by atoms with E-state index in [1.165, 1.54) is 11.5 Å². The van der Waals surface area contributed by atoms with Crippen LogP contribution < -0.4 is 5.73 Å². The van der Waals surface area contributed by atoms with Crippen LogP contribution in [0.3, 0.4) is 0 Å². The van der Waals surface area contributed by atoms with Gasteiger partial charge in [-0.3, -0.25) is 0 Å². The maximum Gasteiger partial charge on any atom is 0.152 e. The number of nitrogens with zero attached hydrogens (tertiary/aromatic N) is 1. The van der Waals surface area contributed by atoms with E-state index >= 15 is 0 Å². The second kappa shape index (κ2) is 38.5. The highest BCUT2D eigenvalue weighted by Gasteiger charge is 1.18. The van der Waals surface area contributed by atoms with Crippen molar-refractivity contribution in [1.82, 2.24) is 0 Å². The number of hydrogen-bond donors (Lipinski definition) is 2. The van der Waals surface area contributed by atoms with E-state index in [1.54, 1.807) is 0 Å². The fourth-order valence-electron chi connectivity index (χ4n) is 0.